The number of carbonyl (C=O) groups is 2. The molecule has 1 fully saturated rings. The number of likely N-dealkylation sites (tertiary alicyclic amines) is 1. The summed E-state index contributed by atoms with van der Waals surface area (Å²) in [7, 11) is 1.63. The first-order valence-electron chi connectivity index (χ1n) is 8.42. The fourth-order valence-corrected chi connectivity index (χ4v) is 3.87. The number of rotatable bonds is 4. The van der Waals surface area contributed by atoms with E-state index in [1.54, 1.807) is 11.9 Å². The zero-order chi connectivity index (χ0) is 16.4. The fourth-order valence-electron chi connectivity index (χ4n) is 3.87. The monoisotopic (exact) mass is 315 g/mol. The number of hydrogen-bond acceptors (Lipinski definition) is 3. The summed E-state index contributed by atoms with van der Waals surface area (Å²) in [5.41, 5.74) is 1.92. The molecule has 0 bridgehead atoms. The molecule has 0 unspecified atom stereocenters. The third-order valence-electron chi connectivity index (χ3n) is 5.24. The summed E-state index contributed by atoms with van der Waals surface area (Å²) in [6.07, 6.45) is 3.14. The lowest BCUT2D eigenvalue weighted by Crippen LogP contribution is -2.55. The third kappa shape index (κ3) is 2.80. The zero-order valence-corrected chi connectivity index (χ0v) is 14.0. The van der Waals surface area contributed by atoms with E-state index in [1.165, 1.54) is 11.3 Å². The summed E-state index contributed by atoms with van der Waals surface area (Å²) in [5.74, 6) is 0.0212. The van der Waals surface area contributed by atoms with E-state index in [0.717, 1.165) is 32.4 Å². The first kappa shape index (κ1) is 15.8. The van der Waals surface area contributed by atoms with Crippen molar-refractivity contribution in [2.24, 2.45) is 0 Å². The molecule has 1 saturated heterocycles. The van der Waals surface area contributed by atoms with Crippen molar-refractivity contribution in [2.75, 3.05) is 31.6 Å². The van der Waals surface area contributed by atoms with Gasteiger partial charge in [-0.1, -0.05) is 18.2 Å². The second kappa shape index (κ2) is 6.22. The Kier molecular flexibility index (Phi) is 4.28. The van der Waals surface area contributed by atoms with Gasteiger partial charge in [-0.2, -0.15) is 0 Å². The van der Waals surface area contributed by atoms with Crippen LogP contribution in [0.4, 0.5) is 5.69 Å². The Balaban J connectivity index is 1.63. The highest BCUT2D eigenvalue weighted by atomic mass is 16.2. The number of nitrogens with one attached hydrogen (secondary N) is 1. The minimum absolute atomic E-state index is 0.0603. The van der Waals surface area contributed by atoms with Crippen LogP contribution in [-0.2, 0) is 16.0 Å². The highest BCUT2D eigenvalue weighted by Crippen LogP contribution is 2.31. The second-order valence-corrected chi connectivity index (χ2v) is 6.62. The van der Waals surface area contributed by atoms with E-state index in [4.69, 9.17) is 0 Å². The maximum absolute atomic E-state index is 12.7. The normalized spacial score (nSPS) is 23.0. The van der Waals surface area contributed by atoms with Crippen LogP contribution in [0.2, 0.25) is 0 Å². The van der Waals surface area contributed by atoms with Crippen molar-refractivity contribution in [3.05, 3.63) is 29.8 Å². The smallest absolute Gasteiger partial charge is 0.245 e. The van der Waals surface area contributed by atoms with Gasteiger partial charge < -0.3 is 15.1 Å². The molecule has 2 amide bonds. The Morgan fingerprint density at radius 2 is 2.04 bits per heavy atom. The molecule has 1 aromatic rings. The highest BCUT2D eigenvalue weighted by Gasteiger charge is 2.44. The van der Waals surface area contributed by atoms with Gasteiger partial charge in [0.05, 0.1) is 0 Å². The molecule has 1 atom stereocenters. The quantitative estimate of drug-likeness (QED) is 0.917. The topological polar surface area (TPSA) is 52.7 Å². The van der Waals surface area contributed by atoms with E-state index in [0.29, 0.717) is 13.0 Å². The SMILES string of the molecule is CNC(=O)[C@@]1(C)CCCN1C(=O)CCN1CCc2ccccc21. The fraction of sp³-hybridized carbons (Fsp3) is 0.556. The molecule has 5 heteroatoms. The summed E-state index contributed by atoms with van der Waals surface area (Å²) in [4.78, 5) is 28.9. The van der Waals surface area contributed by atoms with Crippen LogP contribution in [0.1, 0.15) is 31.7 Å². The molecule has 124 valence electrons. The first-order valence-corrected chi connectivity index (χ1v) is 8.42. The van der Waals surface area contributed by atoms with Gasteiger partial charge in [-0.3, -0.25) is 9.59 Å². The molecule has 0 spiro atoms. The number of hydrogen-bond donors (Lipinski definition) is 1. The standard InChI is InChI=1S/C18H25N3O2/c1-18(17(23)19-2)10-5-11-21(18)16(22)9-13-20-12-8-14-6-3-4-7-15(14)20/h3-4,6-7H,5,8-13H2,1-2H3,(H,19,23)/t18-/m1/s1. The van der Waals surface area contributed by atoms with Crippen molar-refractivity contribution in [1.82, 2.24) is 10.2 Å². The lowest BCUT2D eigenvalue weighted by Gasteiger charge is -2.34. The molecule has 3 rings (SSSR count). The number of carbonyl (C=O) groups excluding carboxylic acids is 2. The van der Waals surface area contributed by atoms with Gasteiger partial charge in [-0.25, -0.2) is 0 Å². The van der Waals surface area contributed by atoms with E-state index >= 15 is 0 Å². The van der Waals surface area contributed by atoms with Gasteiger partial charge in [0, 0.05) is 38.8 Å². The summed E-state index contributed by atoms with van der Waals surface area (Å²) in [6.45, 7) is 4.25. The molecule has 2 heterocycles. The van der Waals surface area contributed by atoms with Gasteiger partial charge in [-0.15, -0.1) is 0 Å². The predicted molar refractivity (Wildman–Crippen MR) is 90.4 cm³/mol. The number of amides is 2. The Labute approximate surface area is 137 Å². The van der Waals surface area contributed by atoms with Crippen LogP contribution in [0.3, 0.4) is 0 Å². The van der Waals surface area contributed by atoms with Gasteiger partial charge >= 0.3 is 0 Å². The Bertz CT molecular complexity index is 616. The molecule has 0 radical (unpaired) electrons. The molecule has 1 aromatic carbocycles. The minimum atomic E-state index is -0.686. The van der Waals surface area contributed by atoms with Crippen LogP contribution in [0.25, 0.3) is 0 Å². The van der Waals surface area contributed by atoms with Gasteiger partial charge in [0.15, 0.2) is 0 Å². The largest absolute Gasteiger partial charge is 0.370 e. The summed E-state index contributed by atoms with van der Waals surface area (Å²) in [5, 5.41) is 2.70. The number of para-hydroxylation sites is 1. The van der Waals surface area contributed by atoms with E-state index < -0.39 is 5.54 Å². The zero-order valence-electron chi connectivity index (χ0n) is 14.0. The first-order chi connectivity index (χ1) is 11.1. The predicted octanol–water partition coefficient (Wildman–Crippen LogP) is 1.57. The van der Waals surface area contributed by atoms with E-state index in [1.807, 2.05) is 13.0 Å². The number of likely N-dealkylation sites (N-methyl/N-ethyl adjacent to an activating group) is 1. The van der Waals surface area contributed by atoms with Crippen LogP contribution in [0.15, 0.2) is 24.3 Å². The second-order valence-electron chi connectivity index (χ2n) is 6.62. The van der Waals surface area contributed by atoms with Crippen molar-refractivity contribution in [3.8, 4) is 0 Å². The molecule has 2 aliphatic rings. The van der Waals surface area contributed by atoms with Crippen LogP contribution >= 0.6 is 0 Å². The number of benzene rings is 1. The van der Waals surface area contributed by atoms with Crippen molar-refractivity contribution in [1.29, 1.82) is 0 Å². The summed E-state index contributed by atoms with van der Waals surface area (Å²) in [6, 6.07) is 8.38. The maximum atomic E-state index is 12.7. The summed E-state index contributed by atoms with van der Waals surface area (Å²) >= 11 is 0. The molecule has 2 aliphatic heterocycles. The Morgan fingerprint density at radius 3 is 2.83 bits per heavy atom. The van der Waals surface area contributed by atoms with Gasteiger partial charge in [0.25, 0.3) is 0 Å². The number of anilines is 1. The minimum Gasteiger partial charge on any atom is -0.370 e. The van der Waals surface area contributed by atoms with E-state index in [9.17, 15) is 9.59 Å². The van der Waals surface area contributed by atoms with Crippen LogP contribution in [0, 0.1) is 0 Å². The van der Waals surface area contributed by atoms with Crippen molar-refractivity contribution < 1.29 is 9.59 Å². The number of nitrogens with zero attached hydrogens (tertiary/aromatic N) is 2. The van der Waals surface area contributed by atoms with Gasteiger partial charge in [0.2, 0.25) is 11.8 Å². The van der Waals surface area contributed by atoms with E-state index in [2.05, 4.69) is 28.4 Å². The van der Waals surface area contributed by atoms with Crippen LogP contribution < -0.4 is 10.2 Å². The van der Waals surface area contributed by atoms with Crippen molar-refractivity contribution in [3.63, 3.8) is 0 Å². The van der Waals surface area contributed by atoms with Gasteiger partial charge in [0.1, 0.15) is 5.54 Å². The third-order valence-corrected chi connectivity index (χ3v) is 5.24. The summed E-state index contributed by atoms with van der Waals surface area (Å²) < 4.78 is 0. The molecular formula is C18H25N3O2. The molecule has 0 saturated carbocycles. The molecular weight excluding hydrogens is 290 g/mol. The number of fused-ring (bicyclic) bond motifs is 1. The molecule has 5 nitrogen and oxygen atoms in total. The van der Waals surface area contributed by atoms with Crippen LogP contribution in [0.5, 0.6) is 0 Å². The average Bonchev–Trinajstić information content (AvgIpc) is 3.16. The molecule has 0 aliphatic carbocycles. The average molecular weight is 315 g/mol. The molecule has 0 aromatic heterocycles. The Morgan fingerprint density at radius 1 is 1.26 bits per heavy atom. The molecule has 1 N–H and O–H groups in total. The van der Waals surface area contributed by atoms with Crippen molar-refractivity contribution >= 4 is 17.5 Å². The van der Waals surface area contributed by atoms with E-state index in [-0.39, 0.29) is 11.8 Å². The highest BCUT2D eigenvalue weighted by molar-refractivity contribution is 5.91. The lowest BCUT2D eigenvalue weighted by atomic mass is 9.97. The molecule has 23 heavy (non-hydrogen) atoms. The Hall–Kier alpha value is -2.04. The van der Waals surface area contributed by atoms with Crippen LogP contribution in [-0.4, -0.2) is 48.9 Å². The lowest BCUT2D eigenvalue weighted by molar-refractivity contribution is -0.143. The maximum Gasteiger partial charge on any atom is 0.245 e. The van der Waals surface area contributed by atoms with Gasteiger partial charge in [-0.05, 0) is 37.8 Å². The van der Waals surface area contributed by atoms with Crippen molar-refractivity contribution in [2.45, 2.75) is 38.1 Å².